The molecule has 0 bridgehead atoms. The summed E-state index contributed by atoms with van der Waals surface area (Å²) in [6.07, 6.45) is 5.68. The first-order chi connectivity index (χ1) is 11.6. The molecule has 0 spiro atoms. The zero-order chi connectivity index (χ0) is 16.9. The van der Waals surface area contributed by atoms with Crippen LogP contribution in [0.5, 0.6) is 6.01 Å². The van der Waals surface area contributed by atoms with E-state index in [-0.39, 0.29) is 12.0 Å². The number of rotatable bonds is 4. The number of amides is 1. The van der Waals surface area contributed by atoms with Crippen LogP contribution in [0.2, 0.25) is 0 Å². The standard InChI is InChI=1S/C19H23N3O2/c1-14-3-5-16(6-4-14)11-18(23)22-9-7-17(8-10-22)24-19-20-12-15(2)13-21-19/h3-6,12-13,17H,7-11H2,1-2H3. The number of hydrogen-bond acceptors (Lipinski definition) is 4. The number of carbonyl (C=O) groups is 1. The zero-order valence-corrected chi connectivity index (χ0v) is 14.2. The predicted molar refractivity (Wildman–Crippen MR) is 91.9 cm³/mol. The lowest BCUT2D eigenvalue weighted by atomic mass is 10.1. The summed E-state index contributed by atoms with van der Waals surface area (Å²) < 4.78 is 5.81. The second-order valence-corrected chi connectivity index (χ2v) is 6.40. The highest BCUT2D eigenvalue weighted by Crippen LogP contribution is 2.17. The fraction of sp³-hybridized carbons (Fsp3) is 0.421. The first kappa shape index (κ1) is 16.4. The van der Waals surface area contributed by atoms with E-state index in [9.17, 15) is 4.79 Å². The fourth-order valence-electron chi connectivity index (χ4n) is 2.81. The van der Waals surface area contributed by atoms with Crippen LogP contribution in [-0.4, -0.2) is 40.0 Å². The Balaban J connectivity index is 1.48. The van der Waals surface area contributed by atoms with Crippen molar-refractivity contribution >= 4 is 5.91 Å². The van der Waals surface area contributed by atoms with Gasteiger partial charge < -0.3 is 9.64 Å². The Hall–Kier alpha value is -2.43. The van der Waals surface area contributed by atoms with Crippen molar-refractivity contribution in [2.45, 2.75) is 39.2 Å². The summed E-state index contributed by atoms with van der Waals surface area (Å²) in [6, 6.07) is 8.56. The molecule has 0 atom stereocenters. The van der Waals surface area contributed by atoms with E-state index in [1.54, 1.807) is 12.4 Å². The van der Waals surface area contributed by atoms with Crippen LogP contribution in [0.1, 0.15) is 29.5 Å². The van der Waals surface area contributed by atoms with Gasteiger partial charge in [-0.2, -0.15) is 0 Å². The van der Waals surface area contributed by atoms with Crippen LogP contribution < -0.4 is 4.74 Å². The van der Waals surface area contributed by atoms with Crippen LogP contribution >= 0.6 is 0 Å². The average molecular weight is 325 g/mol. The maximum Gasteiger partial charge on any atom is 0.316 e. The summed E-state index contributed by atoms with van der Waals surface area (Å²) in [6.45, 7) is 5.44. The van der Waals surface area contributed by atoms with E-state index in [1.165, 1.54) is 5.56 Å². The Morgan fingerprint density at radius 1 is 1.08 bits per heavy atom. The van der Waals surface area contributed by atoms with Gasteiger partial charge in [0.15, 0.2) is 0 Å². The number of hydrogen-bond donors (Lipinski definition) is 0. The maximum absolute atomic E-state index is 12.4. The Kier molecular flexibility index (Phi) is 5.08. The van der Waals surface area contributed by atoms with Crippen molar-refractivity contribution in [3.8, 4) is 6.01 Å². The lowest BCUT2D eigenvalue weighted by Gasteiger charge is -2.31. The van der Waals surface area contributed by atoms with Gasteiger partial charge in [0.1, 0.15) is 6.10 Å². The Bertz CT molecular complexity index is 675. The molecule has 0 unspecified atom stereocenters. The molecule has 5 heteroatoms. The maximum atomic E-state index is 12.4. The molecule has 126 valence electrons. The van der Waals surface area contributed by atoms with E-state index in [4.69, 9.17) is 4.74 Å². The van der Waals surface area contributed by atoms with Gasteiger partial charge in [0.05, 0.1) is 6.42 Å². The highest BCUT2D eigenvalue weighted by Gasteiger charge is 2.24. The Morgan fingerprint density at radius 2 is 1.71 bits per heavy atom. The van der Waals surface area contributed by atoms with E-state index < -0.39 is 0 Å². The number of aryl methyl sites for hydroxylation is 2. The van der Waals surface area contributed by atoms with Gasteiger partial charge in [0.2, 0.25) is 5.91 Å². The van der Waals surface area contributed by atoms with E-state index in [0.29, 0.717) is 12.4 Å². The highest BCUT2D eigenvalue weighted by atomic mass is 16.5. The summed E-state index contributed by atoms with van der Waals surface area (Å²) in [7, 11) is 0. The SMILES string of the molecule is Cc1ccc(CC(=O)N2CCC(Oc3ncc(C)cn3)CC2)cc1. The normalized spacial score (nSPS) is 15.3. The van der Waals surface area contributed by atoms with Gasteiger partial charge in [0, 0.05) is 38.3 Å². The first-order valence-electron chi connectivity index (χ1n) is 8.39. The third kappa shape index (κ3) is 4.31. The monoisotopic (exact) mass is 325 g/mol. The number of carbonyl (C=O) groups excluding carboxylic acids is 1. The van der Waals surface area contributed by atoms with Crippen LogP contribution in [0.4, 0.5) is 0 Å². The summed E-state index contributed by atoms with van der Waals surface area (Å²) in [5.74, 6) is 0.184. The van der Waals surface area contributed by atoms with Gasteiger partial charge in [-0.3, -0.25) is 4.79 Å². The molecule has 1 aromatic carbocycles. The number of nitrogens with zero attached hydrogens (tertiary/aromatic N) is 3. The van der Waals surface area contributed by atoms with Crippen LogP contribution in [0.15, 0.2) is 36.7 Å². The minimum Gasteiger partial charge on any atom is -0.460 e. The molecule has 1 amide bonds. The quantitative estimate of drug-likeness (QED) is 0.867. The Morgan fingerprint density at radius 3 is 2.33 bits per heavy atom. The summed E-state index contributed by atoms with van der Waals surface area (Å²) >= 11 is 0. The molecular formula is C19H23N3O2. The van der Waals surface area contributed by atoms with Gasteiger partial charge in [-0.1, -0.05) is 29.8 Å². The molecule has 1 fully saturated rings. The molecule has 0 radical (unpaired) electrons. The average Bonchev–Trinajstić information content (AvgIpc) is 2.59. The molecule has 5 nitrogen and oxygen atoms in total. The van der Waals surface area contributed by atoms with Crippen molar-refractivity contribution in [2.24, 2.45) is 0 Å². The third-order valence-electron chi connectivity index (χ3n) is 4.30. The highest BCUT2D eigenvalue weighted by molar-refractivity contribution is 5.78. The molecule has 3 rings (SSSR count). The van der Waals surface area contributed by atoms with Gasteiger partial charge in [0.25, 0.3) is 0 Å². The number of benzene rings is 1. The van der Waals surface area contributed by atoms with Crippen molar-refractivity contribution < 1.29 is 9.53 Å². The van der Waals surface area contributed by atoms with Crippen molar-refractivity contribution in [1.82, 2.24) is 14.9 Å². The number of piperidine rings is 1. The first-order valence-corrected chi connectivity index (χ1v) is 8.39. The number of aromatic nitrogens is 2. The van der Waals surface area contributed by atoms with Crippen LogP contribution in [0.3, 0.4) is 0 Å². The van der Waals surface area contributed by atoms with Crippen LogP contribution in [0, 0.1) is 13.8 Å². The molecule has 0 aliphatic carbocycles. The van der Waals surface area contributed by atoms with Gasteiger partial charge in [-0.05, 0) is 25.0 Å². The molecule has 24 heavy (non-hydrogen) atoms. The van der Waals surface area contributed by atoms with Crippen molar-refractivity contribution in [2.75, 3.05) is 13.1 Å². The lowest BCUT2D eigenvalue weighted by molar-refractivity contribution is -0.132. The molecule has 0 N–H and O–H groups in total. The van der Waals surface area contributed by atoms with Gasteiger partial charge in [-0.25, -0.2) is 9.97 Å². The molecule has 0 saturated carbocycles. The van der Waals surface area contributed by atoms with Crippen molar-refractivity contribution in [1.29, 1.82) is 0 Å². The summed E-state index contributed by atoms with van der Waals surface area (Å²) in [5.41, 5.74) is 3.29. The largest absolute Gasteiger partial charge is 0.460 e. The van der Waals surface area contributed by atoms with Crippen molar-refractivity contribution in [3.05, 3.63) is 53.3 Å². The minimum atomic E-state index is 0.0798. The van der Waals surface area contributed by atoms with Crippen LogP contribution in [-0.2, 0) is 11.2 Å². The predicted octanol–water partition coefficient (Wildman–Crippen LogP) is 2.71. The zero-order valence-electron chi connectivity index (χ0n) is 14.2. The molecule has 1 aliphatic heterocycles. The van der Waals surface area contributed by atoms with Gasteiger partial charge >= 0.3 is 6.01 Å². The summed E-state index contributed by atoms with van der Waals surface area (Å²) in [4.78, 5) is 22.7. The summed E-state index contributed by atoms with van der Waals surface area (Å²) in [5, 5.41) is 0. The lowest BCUT2D eigenvalue weighted by Crippen LogP contribution is -2.42. The topological polar surface area (TPSA) is 55.3 Å². The fourth-order valence-corrected chi connectivity index (χ4v) is 2.81. The van der Waals surface area contributed by atoms with Gasteiger partial charge in [-0.15, -0.1) is 0 Å². The minimum absolute atomic E-state index is 0.0798. The molecule has 1 aromatic heterocycles. The van der Waals surface area contributed by atoms with E-state index >= 15 is 0 Å². The van der Waals surface area contributed by atoms with E-state index in [2.05, 4.69) is 9.97 Å². The number of likely N-dealkylation sites (tertiary alicyclic amines) is 1. The molecule has 2 aromatic rings. The molecule has 1 saturated heterocycles. The molecule has 1 aliphatic rings. The Labute approximate surface area is 142 Å². The smallest absolute Gasteiger partial charge is 0.316 e. The number of ether oxygens (including phenoxy) is 1. The molecular weight excluding hydrogens is 302 g/mol. The van der Waals surface area contributed by atoms with Crippen LogP contribution in [0.25, 0.3) is 0 Å². The molecule has 2 heterocycles. The third-order valence-corrected chi connectivity index (χ3v) is 4.30. The van der Waals surface area contributed by atoms with E-state index in [0.717, 1.165) is 37.1 Å². The second-order valence-electron chi connectivity index (χ2n) is 6.40. The van der Waals surface area contributed by atoms with Crippen molar-refractivity contribution in [3.63, 3.8) is 0 Å². The van der Waals surface area contributed by atoms with E-state index in [1.807, 2.05) is 43.0 Å². The second kappa shape index (κ2) is 7.43.